The van der Waals surface area contributed by atoms with Crippen LogP contribution in [0.25, 0.3) is 10.1 Å². The van der Waals surface area contributed by atoms with E-state index in [2.05, 4.69) is 9.80 Å². The molecule has 1 aromatic heterocycles. The molecule has 0 aliphatic carbocycles. The number of rotatable bonds is 6. The topological polar surface area (TPSA) is 42.0 Å². The number of halogens is 1. The van der Waals surface area contributed by atoms with Gasteiger partial charge in [-0.15, -0.1) is 11.3 Å². The number of benzene rings is 1. The Morgan fingerprint density at radius 3 is 2.79 bits per heavy atom. The molecule has 0 unspecified atom stereocenters. The number of esters is 1. The number of thiophene rings is 1. The summed E-state index contributed by atoms with van der Waals surface area (Å²) >= 11 is 1.33. The van der Waals surface area contributed by atoms with Crippen LogP contribution in [0.15, 0.2) is 18.2 Å². The van der Waals surface area contributed by atoms with Crippen LogP contribution in [0.2, 0.25) is 0 Å². The Hall–Kier alpha value is -1.54. The maximum atomic E-state index is 14.6. The molecule has 4 rings (SSSR count). The van der Waals surface area contributed by atoms with Crippen LogP contribution in [0, 0.1) is 5.82 Å². The van der Waals surface area contributed by atoms with Gasteiger partial charge in [-0.25, -0.2) is 9.18 Å². The van der Waals surface area contributed by atoms with Gasteiger partial charge in [0.25, 0.3) is 0 Å². The molecule has 7 heteroatoms. The summed E-state index contributed by atoms with van der Waals surface area (Å²) < 4.78 is 26.3. The number of piperazine rings is 1. The summed E-state index contributed by atoms with van der Waals surface area (Å²) in [7, 11) is 0. The molecule has 2 aromatic rings. The van der Waals surface area contributed by atoms with Gasteiger partial charge < -0.3 is 9.47 Å². The normalized spacial score (nSPS) is 21.4. The van der Waals surface area contributed by atoms with Crippen molar-refractivity contribution in [2.45, 2.75) is 32.4 Å². The smallest absolute Gasteiger partial charge is 0.348 e. The number of hydrogen-bond donors (Lipinski definition) is 0. The maximum Gasteiger partial charge on any atom is 0.348 e. The third kappa shape index (κ3) is 4.22. The van der Waals surface area contributed by atoms with Crippen molar-refractivity contribution < 1.29 is 18.7 Å². The van der Waals surface area contributed by atoms with Gasteiger partial charge in [-0.3, -0.25) is 9.80 Å². The SMILES string of the molecule is CCOC(=O)c1sc2cccc(F)c2c1CN1CCN(C[C@H]2CCCO2)CC1. The Bertz CT molecular complexity index is 826. The van der Waals surface area contributed by atoms with E-state index in [0.717, 1.165) is 62.4 Å². The fourth-order valence-corrected chi connectivity index (χ4v) is 5.23. The van der Waals surface area contributed by atoms with Crippen molar-refractivity contribution in [3.05, 3.63) is 34.5 Å². The predicted octanol–water partition coefficient (Wildman–Crippen LogP) is 3.51. The summed E-state index contributed by atoms with van der Waals surface area (Å²) in [6.45, 7) is 8.31. The van der Waals surface area contributed by atoms with Crippen LogP contribution in [0.3, 0.4) is 0 Å². The first-order valence-electron chi connectivity index (χ1n) is 10.1. The molecule has 2 fully saturated rings. The molecule has 2 aliphatic rings. The second-order valence-corrected chi connectivity index (χ2v) is 8.51. The molecule has 0 spiro atoms. The van der Waals surface area contributed by atoms with Crippen molar-refractivity contribution in [1.29, 1.82) is 0 Å². The quantitative estimate of drug-likeness (QED) is 0.687. The fourth-order valence-electron chi connectivity index (χ4n) is 4.11. The second kappa shape index (κ2) is 8.86. The Morgan fingerprint density at radius 2 is 2.07 bits per heavy atom. The highest BCUT2D eigenvalue weighted by molar-refractivity contribution is 7.21. The van der Waals surface area contributed by atoms with E-state index in [-0.39, 0.29) is 11.8 Å². The van der Waals surface area contributed by atoms with E-state index in [9.17, 15) is 9.18 Å². The van der Waals surface area contributed by atoms with E-state index in [1.54, 1.807) is 13.0 Å². The molecule has 2 aliphatic heterocycles. The van der Waals surface area contributed by atoms with Crippen molar-refractivity contribution in [3.63, 3.8) is 0 Å². The van der Waals surface area contributed by atoms with E-state index in [1.807, 2.05) is 6.07 Å². The summed E-state index contributed by atoms with van der Waals surface area (Å²) in [6.07, 6.45) is 2.69. The van der Waals surface area contributed by atoms with Gasteiger partial charge in [0.1, 0.15) is 10.7 Å². The number of fused-ring (bicyclic) bond motifs is 1. The van der Waals surface area contributed by atoms with Gasteiger partial charge >= 0.3 is 5.97 Å². The third-order valence-electron chi connectivity index (χ3n) is 5.56. The fraction of sp³-hybridized carbons (Fsp3) is 0.571. The number of carbonyl (C=O) groups is 1. The number of nitrogens with zero attached hydrogens (tertiary/aromatic N) is 2. The van der Waals surface area contributed by atoms with E-state index >= 15 is 0 Å². The Morgan fingerprint density at radius 1 is 1.29 bits per heavy atom. The molecule has 0 bridgehead atoms. The number of hydrogen-bond acceptors (Lipinski definition) is 6. The molecule has 0 radical (unpaired) electrons. The molecular weight excluding hydrogens is 379 g/mol. The minimum Gasteiger partial charge on any atom is -0.462 e. The highest BCUT2D eigenvalue weighted by Crippen LogP contribution is 2.35. The van der Waals surface area contributed by atoms with Crippen LogP contribution in [0.5, 0.6) is 0 Å². The summed E-state index contributed by atoms with van der Waals surface area (Å²) in [4.78, 5) is 17.7. The molecule has 0 N–H and O–H groups in total. The van der Waals surface area contributed by atoms with E-state index < -0.39 is 0 Å². The zero-order valence-electron chi connectivity index (χ0n) is 16.3. The Balaban J connectivity index is 1.48. The monoisotopic (exact) mass is 406 g/mol. The molecule has 3 heterocycles. The zero-order valence-corrected chi connectivity index (χ0v) is 17.1. The maximum absolute atomic E-state index is 14.6. The first-order chi connectivity index (χ1) is 13.7. The molecule has 5 nitrogen and oxygen atoms in total. The van der Waals surface area contributed by atoms with Crippen LogP contribution < -0.4 is 0 Å². The van der Waals surface area contributed by atoms with E-state index in [1.165, 1.54) is 17.4 Å². The van der Waals surface area contributed by atoms with Crippen LogP contribution in [-0.2, 0) is 16.0 Å². The Labute approximate surface area is 169 Å². The lowest BCUT2D eigenvalue weighted by atomic mass is 10.1. The largest absolute Gasteiger partial charge is 0.462 e. The molecule has 152 valence electrons. The molecule has 1 aromatic carbocycles. The van der Waals surface area contributed by atoms with Gasteiger partial charge in [0.05, 0.1) is 12.7 Å². The van der Waals surface area contributed by atoms with E-state index in [0.29, 0.717) is 29.5 Å². The van der Waals surface area contributed by atoms with Gasteiger partial charge in [-0.2, -0.15) is 0 Å². The van der Waals surface area contributed by atoms with Crippen LogP contribution in [0.4, 0.5) is 4.39 Å². The number of ether oxygens (including phenoxy) is 2. The molecule has 28 heavy (non-hydrogen) atoms. The van der Waals surface area contributed by atoms with Crippen LogP contribution in [-0.4, -0.2) is 67.8 Å². The number of carbonyl (C=O) groups excluding carboxylic acids is 1. The summed E-state index contributed by atoms with van der Waals surface area (Å²) in [5, 5.41) is 0.567. The first-order valence-corrected chi connectivity index (χ1v) is 10.9. The molecular formula is C21H27FN2O3S. The molecule has 1 atom stereocenters. The van der Waals surface area contributed by atoms with Gasteiger partial charge in [0.2, 0.25) is 0 Å². The van der Waals surface area contributed by atoms with Gasteiger partial charge in [-0.05, 0) is 31.9 Å². The Kier molecular flexibility index (Phi) is 6.25. The van der Waals surface area contributed by atoms with Crippen molar-refractivity contribution in [2.75, 3.05) is 45.9 Å². The van der Waals surface area contributed by atoms with Crippen molar-refractivity contribution in [2.24, 2.45) is 0 Å². The average molecular weight is 407 g/mol. The van der Waals surface area contributed by atoms with Crippen LogP contribution >= 0.6 is 11.3 Å². The van der Waals surface area contributed by atoms with E-state index in [4.69, 9.17) is 9.47 Å². The first kappa shape index (κ1) is 19.8. The minimum absolute atomic E-state index is 0.267. The summed E-state index contributed by atoms with van der Waals surface area (Å²) in [5.74, 6) is -0.619. The van der Waals surface area contributed by atoms with Gasteiger partial charge in [0.15, 0.2) is 0 Å². The lowest BCUT2D eigenvalue weighted by Crippen LogP contribution is -2.48. The summed E-state index contributed by atoms with van der Waals surface area (Å²) in [6, 6.07) is 5.03. The second-order valence-electron chi connectivity index (χ2n) is 7.45. The lowest BCUT2D eigenvalue weighted by Gasteiger charge is -2.35. The van der Waals surface area contributed by atoms with Gasteiger partial charge in [-0.1, -0.05) is 6.07 Å². The molecule has 0 amide bonds. The molecule has 0 saturated carbocycles. The van der Waals surface area contributed by atoms with Gasteiger partial charge in [0, 0.05) is 61.5 Å². The van der Waals surface area contributed by atoms with Crippen molar-refractivity contribution in [3.8, 4) is 0 Å². The summed E-state index contributed by atoms with van der Waals surface area (Å²) in [5.41, 5.74) is 0.768. The highest BCUT2D eigenvalue weighted by Gasteiger charge is 2.26. The third-order valence-corrected chi connectivity index (χ3v) is 6.73. The minimum atomic E-state index is -0.352. The lowest BCUT2D eigenvalue weighted by molar-refractivity contribution is 0.0479. The molecule has 2 saturated heterocycles. The standard InChI is InChI=1S/C21H27FN2O3S/c1-2-26-21(25)20-16(19-17(22)6-3-7-18(19)28-20)14-24-10-8-23(9-11-24)13-15-5-4-12-27-15/h3,6-7,15H,2,4-5,8-14H2,1H3/t15-/m1/s1. The van der Waals surface area contributed by atoms with Crippen molar-refractivity contribution in [1.82, 2.24) is 9.80 Å². The average Bonchev–Trinajstić information content (AvgIpc) is 3.32. The van der Waals surface area contributed by atoms with Crippen molar-refractivity contribution >= 4 is 27.4 Å². The van der Waals surface area contributed by atoms with Crippen LogP contribution in [0.1, 0.15) is 35.0 Å². The highest BCUT2D eigenvalue weighted by atomic mass is 32.1. The predicted molar refractivity (Wildman–Crippen MR) is 108 cm³/mol. The zero-order chi connectivity index (χ0) is 19.5.